The third-order valence-electron chi connectivity index (χ3n) is 3.94. The van der Waals surface area contributed by atoms with E-state index < -0.39 is 5.41 Å². The zero-order chi connectivity index (χ0) is 13.7. The minimum atomic E-state index is -0.458. The topological polar surface area (TPSA) is 26.3 Å². The average Bonchev–Trinajstić information content (AvgIpc) is 2.70. The fourth-order valence-electron chi connectivity index (χ4n) is 2.90. The third-order valence-corrected chi connectivity index (χ3v) is 4.21. The predicted molar refractivity (Wildman–Crippen MR) is 77.9 cm³/mol. The Bertz CT molecular complexity index is 444. The molecule has 0 radical (unpaired) electrons. The number of alkyl halides is 1. The molecule has 1 aromatic rings. The van der Waals surface area contributed by atoms with Crippen molar-refractivity contribution in [2.45, 2.75) is 50.9 Å². The van der Waals surface area contributed by atoms with Crippen LogP contribution in [0.4, 0.5) is 0 Å². The van der Waals surface area contributed by atoms with Crippen LogP contribution in [-0.2, 0) is 10.2 Å². The van der Waals surface area contributed by atoms with Crippen molar-refractivity contribution in [2.75, 3.05) is 5.88 Å². The lowest BCUT2D eigenvalue weighted by atomic mass is 9.74. The van der Waals surface area contributed by atoms with Crippen molar-refractivity contribution in [3.8, 4) is 5.75 Å². The molecule has 0 spiro atoms. The summed E-state index contributed by atoms with van der Waals surface area (Å²) in [5.74, 6) is 1.24. The van der Waals surface area contributed by atoms with E-state index in [1.807, 2.05) is 24.3 Å². The normalized spacial score (nSPS) is 21.3. The number of benzene rings is 1. The molecule has 0 saturated heterocycles. The van der Waals surface area contributed by atoms with Crippen LogP contribution in [0.5, 0.6) is 5.75 Å². The zero-order valence-electron chi connectivity index (χ0n) is 11.5. The van der Waals surface area contributed by atoms with Crippen LogP contribution in [-0.4, -0.2) is 11.8 Å². The molecule has 0 aliphatic carbocycles. The Balaban J connectivity index is 2.28. The fourth-order valence-corrected chi connectivity index (χ4v) is 3.04. The molecule has 1 aliphatic rings. The molecule has 3 heteroatoms. The van der Waals surface area contributed by atoms with Crippen molar-refractivity contribution >= 4 is 17.6 Å². The van der Waals surface area contributed by atoms with E-state index in [-0.39, 0.29) is 5.97 Å². The molecule has 1 aromatic carbocycles. The second kappa shape index (κ2) is 6.42. The highest BCUT2D eigenvalue weighted by atomic mass is 35.5. The van der Waals surface area contributed by atoms with Crippen molar-refractivity contribution in [1.29, 1.82) is 0 Å². The van der Waals surface area contributed by atoms with E-state index in [9.17, 15) is 4.79 Å². The van der Waals surface area contributed by atoms with Gasteiger partial charge in [-0.25, -0.2) is 0 Å². The smallest absolute Gasteiger partial charge is 0.322 e. The molecular weight excluding hydrogens is 260 g/mol. The molecule has 104 valence electrons. The molecule has 0 fully saturated rings. The monoisotopic (exact) mass is 280 g/mol. The minimum Gasteiger partial charge on any atom is -0.426 e. The number of ether oxygens (including phenoxy) is 1. The summed E-state index contributed by atoms with van der Waals surface area (Å²) in [7, 11) is 0. The second-order valence-corrected chi connectivity index (χ2v) is 5.60. The van der Waals surface area contributed by atoms with Gasteiger partial charge in [0.25, 0.3) is 0 Å². The number of carbonyl (C=O) groups is 1. The maximum Gasteiger partial charge on any atom is 0.322 e. The van der Waals surface area contributed by atoms with Crippen LogP contribution in [0.3, 0.4) is 0 Å². The van der Waals surface area contributed by atoms with Crippen LogP contribution in [0.2, 0.25) is 0 Å². The molecule has 0 aromatic heterocycles. The molecule has 1 atom stereocenters. The van der Waals surface area contributed by atoms with E-state index in [1.165, 1.54) is 0 Å². The summed E-state index contributed by atoms with van der Waals surface area (Å²) in [5, 5.41) is 0. The van der Waals surface area contributed by atoms with Crippen molar-refractivity contribution in [3.63, 3.8) is 0 Å². The molecule has 1 aliphatic heterocycles. The van der Waals surface area contributed by atoms with Gasteiger partial charge in [0.05, 0.1) is 5.41 Å². The zero-order valence-corrected chi connectivity index (χ0v) is 12.2. The molecule has 0 amide bonds. The number of hydrogen-bond donors (Lipinski definition) is 0. The third kappa shape index (κ3) is 2.79. The Morgan fingerprint density at radius 3 is 2.63 bits per heavy atom. The molecule has 2 rings (SSSR count). The van der Waals surface area contributed by atoms with E-state index in [4.69, 9.17) is 16.3 Å². The van der Waals surface area contributed by atoms with Gasteiger partial charge in [-0.05, 0) is 25.3 Å². The van der Waals surface area contributed by atoms with E-state index >= 15 is 0 Å². The molecule has 0 N–H and O–H groups in total. The van der Waals surface area contributed by atoms with Crippen molar-refractivity contribution in [1.82, 2.24) is 0 Å². The lowest BCUT2D eigenvalue weighted by Gasteiger charge is -2.25. The molecule has 2 nitrogen and oxygen atoms in total. The molecule has 1 unspecified atom stereocenters. The minimum absolute atomic E-state index is 0.0880. The van der Waals surface area contributed by atoms with Gasteiger partial charge in [-0.15, -0.1) is 11.6 Å². The summed E-state index contributed by atoms with van der Waals surface area (Å²) < 4.78 is 5.47. The molecular formula is C16H21ClO2. The highest BCUT2D eigenvalue weighted by Crippen LogP contribution is 2.46. The lowest BCUT2D eigenvalue weighted by molar-refractivity contribution is -0.139. The lowest BCUT2D eigenvalue weighted by Crippen LogP contribution is -2.34. The number of unbranched alkanes of at least 4 members (excludes halogenated alkanes) is 2. The SMILES string of the molecule is CCCCCC1(CCCCl)C(=O)Oc2ccccc21. The summed E-state index contributed by atoms with van der Waals surface area (Å²) >= 11 is 5.83. The Morgan fingerprint density at radius 2 is 1.89 bits per heavy atom. The van der Waals surface area contributed by atoms with E-state index in [0.717, 1.165) is 49.8 Å². The van der Waals surface area contributed by atoms with Crippen LogP contribution >= 0.6 is 11.6 Å². The highest BCUT2D eigenvalue weighted by Gasteiger charge is 2.47. The molecule has 0 saturated carbocycles. The summed E-state index contributed by atoms with van der Waals surface area (Å²) in [5.41, 5.74) is 0.599. The van der Waals surface area contributed by atoms with Crippen molar-refractivity contribution in [2.24, 2.45) is 0 Å². The van der Waals surface area contributed by atoms with Crippen molar-refractivity contribution in [3.05, 3.63) is 29.8 Å². The summed E-state index contributed by atoms with van der Waals surface area (Å²) in [6.45, 7) is 2.17. The highest BCUT2D eigenvalue weighted by molar-refractivity contribution is 6.17. The van der Waals surface area contributed by atoms with Gasteiger partial charge >= 0.3 is 5.97 Å². The molecule has 0 bridgehead atoms. The van der Waals surface area contributed by atoms with E-state index in [1.54, 1.807) is 0 Å². The number of esters is 1. The maximum absolute atomic E-state index is 12.4. The van der Waals surface area contributed by atoms with Crippen LogP contribution in [0, 0.1) is 0 Å². The number of halogens is 1. The average molecular weight is 281 g/mol. The maximum atomic E-state index is 12.4. The number of carbonyl (C=O) groups excluding carboxylic acids is 1. The Kier molecular flexibility index (Phi) is 4.87. The van der Waals surface area contributed by atoms with Crippen LogP contribution in [0.15, 0.2) is 24.3 Å². The summed E-state index contributed by atoms with van der Waals surface area (Å²) in [6, 6.07) is 7.81. The quantitative estimate of drug-likeness (QED) is 0.319. The van der Waals surface area contributed by atoms with Gasteiger partial charge in [0.15, 0.2) is 0 Å². The summed E-state index contributed by atoms with van der Waals surface area (Å²) in [6.07, 6.45) is 5.86. The Labute approximate surface area is 120 Å². The van der Waals surface area contributed by atoms with E-state index in [0.29, 0.717) is 5.88 Å². The van der Waals surface area contributed by atoms with Crippen molar-refractivity contribution < 1.29 is 9.53 Å². The second-order valence-electron chi connectivity index (χ2n) is 5.22. The van der Waals surface area contributed by atoms with E-state index in [2.05, 4.69) is 6.92 Å². The first-order valence-corrected chi connectivity index (χ1v) is 7.66. The standard InChI is InChI=1S/C16H21ClO2/c1-2-3-6-10-16(11-7-12-17)13-8-4-5-9-14(13)19-15(16)18/h4-5,8-9H,2-3,6-7,10-12H2,1H3. The van der Waals surface area contributed by atoms with Gasteiger partial charge in [-0.3, -0.25) is 4.79 Å². The van der Waals surface area contributed by atoms with Gasteiger partial charge in [-0.1, -0.05) is 44.4 Å². The Hall–Kier alpha value is -1.02. The first-order chi connectivity index (χ1) is 9.24. The largest absolute Gasteiger partial charge is 0.426 e. The van der Waals surface area contributed by atoms with Crippen LogP contribution in [0.1, 0.15) is 51.0 Å². The van der Waals surface area contributed by atoms with Gasteiger partial charge < -0.3 is 4.74 Å². The fraction of sp³-hybridized carbons (Fsp3) is 0.562. The first kappa shape index (κ1) is 14.4. The number of hydrogen-bond acceptors (Lipinski definition) is 2. The van der Waals surface area contributed by atoms with Crippen LogP contribution in [0.25, 0.3) is 0 Å². The molecule has 1 heterocycles. The number of para-hydroxylation sites is 1. The van der Waals surface area contributed by atoms with Crippen LogP contribution < -0.4 is 4.74 Å². The van der Waals surface area contributed by atoms with Gasteiger partial charge in [-0.2, -0.15) is 0 Å². The summed E-state index contributed by atoms with van der Waals surface area (Å²) in [4.78, 5) is 12.4. The molecule has 19 heavy (non-hydrogen) atoms. The number of fused-ring (bicyclic) bond motifs is 1. The first-order valence-electron chi connectivity index (χ1n) is 7.12. The predicted octanol–water partition coefficient (Wildman–Crippen LogP) is 4.44. The van der Waals surface area contributed by atoms with Gasteiger partial charge in [0, 0.05) is 11.4 Å². The Morgan fingerprint density at radius 1 is 1.16 bits per heavy atom. The number of rotatable bonds is 7. The van der Waals surface area contributed by atoms with Gasteiger partial charge in [0.1, 0.15) is 5.75 Å². The van der Waals surface area contributed by atoms with Gasteiger partial charge in [0.2, 0.25) is 0 Å².